The Labute approximate surface area is 130 Å². The van der Waals surface area contributed by atoms with Gasteiger partial charge in [0.1, 0.15) is 18.0 Å². The molecule has 0 radical (unpaired) electrons. The number of rotatable bonds is 5. The Balaban J connectivity index is 1.83. The summed E-state index contributed by atoms with van der Waals surface area (Å²) in [6.45, 7) is 6.27. The second-order valence-electron chi connectivity index (χ2n) is 5.70. The molecule has 1 atom stereocenters. The van der Waals surface area contributed by atoms with Crippen LogP contribution >= 0.6 is 0 Å². The molecule has 7 nitrogen and oxygen atoms in total. The first-order valence-electron chi connectivity index (χ1n) is 7.90. The van der Waals surface area contributed by atoms with Crippen LogP contribution in [0.5, 0.6) is 0 Å². The average molecular weight is 301 g/mol. The minimum absolute atomic E-state index is 0.0403. The quantitative estimate of drug-likeness (QED) is 0.910. The second-order valence-corrected chi connectivity index (χ2v) is 5.70. The Morgan fingerprint density at radius 2 is 2.05 bits per heavy atom. The number of aryl methyl sites for hydroxylation is 2. The number of anilines is 2. The molecule has 1 fully saturated rings. The lowest BCUT2D eigenvalue weighted by Crippen LogP contribution is -2.22. The van der Waals surface area contributed by atoms with Crippen molar-refractivity contribution < 1.29 is 0 Å². The fourth-order valence-electron chi connectivity index (χ4n) is 2.78. The lowest BCUT2D eigenvalue weighted by Gasteiger charge is -2.19. The highest BCUT2D eigenvalue weighted by atomic mass is 15.3. The Morgan fingerprint density at radius 1 is 1.27 bits per heavy atom. The van der Waals surface area contributed by atoms with Gasteiger partial charge in [0.05, 0.1) is 6.04 Å². The fourth-order valence-corrected chi connectivity index (χ4v) is 2.78. The summed E-state index contributed by atoms with van der Waals surface area (Å²) in [6, 6.07) is 2.06. The predicted octanol–water partition coefficient (Wildman–Crippen LogP) is 1.94. The third-order valence-electron chi connectivity index (χ3n) is 4.02. The maximum Gasteiger partial charge on any atom is 0.227 e. The van der Waals surface area contributed by atoms with Crippen molar-refractivity contribution in [1.29, 1.82) is 0 Å². The van der Waals surface area contributed by atoms with E-state index in [1.165, 1.54) is 12.8 Å². The van der Waals surface area contributed by atoms with E-state index >= 15 is 0 Å². The molecule has 1 aliphatic rings. The molecule has 3 rings (SSSR count). The maximum absolute atomic E-state index is 4.69. The van der Waals surface area contributed by atoms with Crippen LogP contribution in [-0.4, -0.2) is 37.8 Å². The van der Waals surface area contributed by atoms with Gasteiger partial charge in [-0.05, 0) is 26.2 Å². The van der Waals surface area contributed by atoms with Gasteiger partial charge in [0.2, 0.25) is 5.95 Å². The Morgan fingerprint density at radius 3 is 2.68 bits per heavy atom. The Kier molecular flexibility index (Phi) is 4.22. The van der Waals surface area contributed by atoms with Crippen LogP contribution in [-0.2, 0) is 13.5 Å². The van der Waals surface area contributed by atoms with E-state index < -0.39 is 0 Å². The van der Waals surface area contributed by atoms with Crippen LogP contribution in [0.25, 0.3) is 0 Å². The number of nitrogens with zero attached hydrogens (tertiary/aromatic N) is 6. The zero-order valence-electron chi connectivity index (χ0n) is 13.5. The molecule has 1 aliphatic heterocycles. The van der Waals surface area contributed by atoms with Gasteiger partial charge in [-0.3, -0.25) is 4.68 Å². The number of hydrogen-bond acceptors (Lipinski definition) is 6. The minimum atomic E-state index is 0.0403. The summed E-state index contributed by atoms with van der Waals surface area (Å²) in [5, 5.41) is 7.54. The molecule has 0 spiro atoms. The van der Waals surface area contributed by atoms with Crippen LogP contribution < -0.4 is 10.2 Å². The lowest BCUT2D eigenvalue weighted by atomic mass is 10.3. The van der Waals surface area contributed by atoms with Crippen molar-refractivity contribution >= 4 is 11.8 Å². The van der Waals surface area contributed by atoms with Crippen molar-refractivity contribution in [2.75, 3.05) is 23.3 Å². The van der Waals surface area contributed by atoms with E-state index in [4.69, 9.17) is 0 Å². The van der Waals surface area contributed by atoms with Crippen molar-refractivity contribution in [3.05, 3.63) is 23.9 Å². The molecular formula is C15H23N7. The van der Waals surface area contributed by atoms with E-state index in [0.717, 1.165) is 42.8 Å². The predicted molar refractivity (Wildman–Crippen MR) is 85.9 cm³/mol. The molecule has 0 aromatic carbocycles. The minimum Gasteiger partial charge on any atom is -0.360 e. The largest absolute Gasteiger partial charge is 0.360 e. The highest BCUT2D eigenvalue weighted by molar-refractivity contribution is 5.45. The first kappa shape index (κ1) is 14.7. The number of nitrogens with one attached hydrogen (secondary N) is 1. The van der Waals surface area contributed by atoms with E-state index in [9.17, 15) is 0 Å². The monoisotopic (exact) mass is 301 g/mol. The smallest absolute Gasteiger partial charge is 0.227 e. The second kappa shape index (κ2) is 6.29. The molecule has 118 valence electrons. The van der Waals surface area contributed by atoms with Crippen molar-refractivity contribution in [1.82, 2.24) is 24.7 Å². The van der Waals surface area contributed by atoms with Crippen LogP contribution in [0.1, 0.15) is 44.2 Å². The van der Waals surface area contributed by atoms with Gasteiger partial charge in [-0.2, -0.15) is 10.1 Å². The molecule has 0 aliphatic carbocycles. The van der Waals surface area contributed by atoms with Gasteiger partial charge in [0.25, 0.3) is 0 Å². The lowest BCUT2D eigenvalue weighted by molar-refractivity contribution is 0.660. The summed E-state index contributed by atoms with van der Waals surface area (Å²) in [6.07, 6.45) is 4.91. The summed E-state index contributed by atoms with van der Waals surface area (Å²) in [7, 11) is 1.90. The van der Waals surface area contributed by atoms with E-state index in [0.29, 0.717) is 0 Å². The van der Waals surface area contributed by atoms with Crippen molar-refractivity contribution in [2.24, 2.45) is 7.05 Å². The van der Waals surface area contributed by atoms with Crippen LogP contribution in [0, 0.1) is 0 Å². The molecular weight excluding hydrogens is 278 g/mol. The summed E-state index contributed by atoms with van der Waals surface area (Å²) < 4.78 is 1.78. The average Bonchev–Trinajstić information content (AvgIpc) is 3.18. The van der Waals surface area contributed by atoms with E-state index in [-0.39, 0.29) is 6.04 Å². The SMILES string of the molecule is CCc1cc(NC(C)c2ncnn2C)nc(N2CCCC2)n1. The third-order valence-corrected chi connectivity index (χ3v) is 4.02. The summed E-state index contributed by atoms with van der Waals surface area (Å²) in [5.41, 5.74) is 1.06. The number of aromatic nitrogens is 5. The number of hydrogen-bond donors (Lipinski definition) is 1. The van der Waals surface area contributed by atoms with Crippen molar-refractivity contribution in [3.8, 4) is 0 Å². The van der Waals surface area contributed by atoms with E-state index in [1.54, 1.807) is 11.0 Å². The summed E-state index contributed by atoms with van der Waals surface area (Å²) >= 11 is 0. The van der Waals surface area contributed by atoms with E-state index in [1.807, 2.05) is 13.1 Å². The molecule has 7 heteroatoms. The molecule has 0 saturated carbocycles. The van der Waals surface area contributed by atoms with Gasteiger partial charge < -0.3 is 10.2 Å². The highest BCUT2D eigenvalue weighted by Crippen LogP contribution is 2.21. The van der Waals surface area contributed by atoms with Crippen LogP contribution in [0.3, 0.4) is 0 Å². The fraction of sp³-hybridized carbons (Fsp3) is 0.600. The Bertz CT molecular complexity index is 631. The molecule has 1 unspecified atom stereocenters. The van der Waals surface area contributed by atoms with Crippen LogP contribution in [0.2, 0.25) is 0 Å². The van der Waals surface area contributed by atoms with Gasteiger partial charge in [-0.1, -0.05) is 6.92 Å². The Hall–Kier alpha value is -2.18. The van der Waals surface area contributed by atoms with Crippen LogP contribution in [0.15, 0.2) is 12.4 Å². The molecule has 1 N–H and O–H groups in total. The molecule has 2 aromatic heterocycles. The normalized spacial score (nSPS) is 16.0. The van der Waals surface area contributed by atoms with Gasteiger partial charge in [0.15, 0.2) is 0 Å². The molecule has 0 bridgehead atoms. The first-order chi connectivity index (χ1) is 10.7. The zero-order chi connectivity index (χ0) is 15.5. The standard InChI is InChI=1S/C15H23N7/c1-4-12-9-13(18-11(2)14-16-10-17-21(14)3)20-15(19-12)22-7-5-6-8-22/h9-11H,4-8H2,1-3H3,(H,18,19,20). The molecule has 3 heterocycles. The van der Waals surface area contributed by atoms with Gasteiger partial charge >= 0.3 is 0 Å². The molecule has 0 amide bonds. The zero-order valence-corrected chi connectivity index (χ0v) is 13.5. The van der Waals surface area contributed by atoms with Gasteiger partial charge in [0, 0.05) is 31.9 Å². The third kappa shape index (κ3) is 3.03. The molecule has 22 heavy (non-hydrogen) atoms. The molecule has 1 saturated heterocycles. The first-order valence-corrected chi connectivity index (χ1v) is 7.90. The highest BCUT2D eigenvalue weighted by Gasteiger charge is 2.18. The maximum atomic E-state index is 4.69. The summed E-state index contributed by atoms with van der Waals surface area (Å²) in [4.78, 5) is 15.9. The van der Waals surface area contributed by atoms with Crippen molar-refractivity contribution in [3.63, 3.8) is 0 Å². The van der Waals surface area contributed by atoms with Crippen molar-refractivity contribution in [2.45, 2.75) is 39.2 Å². The van der Waals surface area contributed by atoms with Gasteiger partial charge in [-0.15, -0.1) is 0 Å². The topological polar surface area (TPSA) is 71.8 Å². The van der Waals surface area contributed by atoms with Gasteiger partial charge in [-0.25, -0.2) is 9.97 Å². The van der Waals surface area contributed by atoms with E-state index in [2.05, 4.69) is 44.1 Å². The summed E-state index contributed by atoms with van der Waals surface area (Å²) in [5.74, 6) is 2.58. The van der Waals surface area contributed by atoms with Crippen LogP contribution in [0.4, 0.5) is 11.8 Å². The molecule has 2 aromatic rings.